The van der Waals surface area contributed by atoms with Gasteiger partial charge in [0.05, 0.1) is 11.1 Å². The zero-order chi connectivity index (χ0) is 21.3. The molecular formula is C21H27NO6. The highest BCUT2D eigenvalue weighted by Crippen LogP contribution is 2.25. The third-order valence-corrected chi connectivity index (χ3v) is 3.90. The molecule has 0 fully saturated rings. The fourth-order valence-electron chi connectivity index (χ4n) is 2.78. The first-order valence-corrected chi connectivity index (χ1v) is 9.21. The van der Waals surface area contributed by atoms with Crippen LogP contribution in [0.25, 0.3) is 0 Å². The molecule has 7 heteroatoms. The number of hydrogen-bond acceptors (Lipinski definition) is 6. The molecule has 0 unspecified atom stereocenters. The number of imide groups is 1. The molecule has 1 heterocycles. The summed E-state index contributed by atoms with van der Waals surface area (Å²) in [6.07, 6.45) is -0.0741. The second-order valence-corrected chi connectivity index (χ2v) is 8.72. The van der Waals surface area contributed by atoms with E-state index in [0.717, 1.165) is 4.90 Å². The highest BCUT2D eigenvalue weighted by Gasteiger charge is 2.39. The number of carbonyl (C=O) groups is 4. The summed E-state index contributed by atoms with van der Waals surface area (Å²) in [5, 5.41) is 0. The third-order valence-electron chi connectivity index (χ3n) is 3.90. The first-order valence-electron chi connectivity index (χ1n) is 9.21. The number of fused-ring (bicyclic) bond motifs is 1. The van der Waals surface area contributed by atoms with Crippen molar-refractivity contribution in [2.24, 2.45) is 5.92 Å². The number of hydrogen-bond donors (Lipinski definition) is 0. The minimum atomic E-state index is -1.23. The Bertz CT molecular complexity index is 737. The molecule has 152 valence electrons. The van der Waals surface area contributed by atoms with Crippen molar-refractivity contribution in [1.82, 2.24) is 4.90 Å². The second kappa shape index (κ2) is 7.73. The maximum absolute atomic E-state index is 12.6. The average molecular weight is 389 g/mol. The molecule has 0 atom stereocenters. The number of benzene rings is 1. The Morgan fingerprint density at radius 3 is 1.61 bits per heavy atom. The summed E-state index contributed by atoms with van der Waals surface area (Å²) in [4.78, 5) is 51.1. The van der Waals surface area contributed by atoms with Crippen LogP contribution in [-0.2, 0) is 19.1 Å². The lowest BCUT2D eigenvalue weighted by atomic mass is 10.0. The number of nitrogens with zero attached hydrogens (tertiary/aromatic N) is 1. The summed E-state index contributed by atoms with van der Waals surface area (Å²) in [7, 11) is 0. The molecule has 1 aliphatic heterocycles. The molecule has 28 heavy (non-hydrogen) atoms. The minimum absolute atomic E-state index is 0.0741. The first kappa shape index (κ1) is 21.6. The van der Waals surface area contributed by atoms with E-state index in [-0.39, 0.29) is 13.0 Å². The zero-order valence-electron chi connectivity index (χ0n) is 17.2. The van der Waals surface area contributed by atoms with Gasteiger partial charge in [0.2, 0.25) is 0 Å². The fourth-order valence-corrected chi connectivity index (χ4v) is 2.78. The topological polar surface area (TPSA) is 90.0 Å². The van der Waals surface area contributed by atoms with Crippen molar-refractivity contribution >= 4 is 23.8 Å². The lowest BCUT2D eigenvalue weighted by Gasteiger charge is -2.27. The van der Waals surface area contributed by atoms with Gasteiger partial charge in [-0.15, -0.1) is 0 Å². The second-order valence-electron chi connectivity index (χ2n) is 8.72. The van der Waals surface area contributed by atoms with Crippen LogP contribution >= 0.6 is 0 Å². The molecule has 2 rings (SSSR count). The van der Waals surface area contributed by atoms with Gasteiger partial charge in [-0.2, -0.15) is 0 Å². The number of rotatable bonds is 5. The van der Waals surface area contributed by atoms with Crippen molar-refractivity contribution < 1.29 is 28.7 Å². The number of esters is 2. The summed E-state index contributed by atoms with van der Waals surface area (Å²) in [6.45, 7) is 10.1. The van der Waals surface area contributed by atoms with E-state index in [1.165, 1.54) is 0 Å². The van der Waals surface area contributed by atoms with Gasteiger partial charge in [0.25, 0.3) is 11.8 Å². The lowest BCUT2D eigenvalue weighted by molar-refractivity contribution is -0.174. The Morgan fingerprint density at radius 1 is 0.857 bits per heavy atom. The van der Waals surface area contributed by atoms with E-state index >= 15 is 0 Å². The van der Waals surface area contributed by atoms with Gasteiger partial charge in [-0.25, -0.2) is 0 Å². The van der Waals surface area contributed by atoms with Crippen LogP contribution in [0.3, 0.4) is 0 Å². The normalized spacial score (nSPS) is 14.3. The van der Waals surface area contributed by atoms with E-state index < -0.39 is 40.9 Å². The molecule has 0 aromatic heterocycles. The van der Waals surface area contributed by atoms with E-state index in [0.29, 0.717) is 11.1 Å². The van der Waals surface area contributed by atoms with Gasteiger partial charge in [-0.05, 0) is 60.1 Å². The lowest BCUT2D eigenvalue weighted by Crippen LogP contribution is -2.40. The molecule has 0 saturated heterocycles. The Hall–Kier alpha value is -2.70. The van der Waals surface area contributed by atoms with Crippen LogP contribution in [0.1, 0.15) is 68.7 Å². The van der Waals surface area contributed by atoms with Crippen LogP contribution in [-0.4, -0.2) is 46.4 Å². The summed E-state index contributed by atoms with van der Waals surface area (Å²) >= 11 is 0. The summed E-state index contributed by atoms with van der Waals surface area (Å²) in [5.74, 6) is -3.58. The third kappa shape index (κ3) is 5.18. The number of carbonyl (C=O) groups excluding carboxylic acids is 4. The highest BCUT2D eigenvalue weighted by atomic mass is 16.6. The maximum atomic E-state index is 12.6. The first-order chi connectivity index (χ1) is 12.8. The zero-order valence-corrected chi connectivity index (χ0v) is 17.2. The standard InChI is InChI=1S/C21H27NO6/c1-20(2,3)27-18(25)15(19(26)28-21(4,5)6)11-12-22-16(23)13-9-7-8-10-14(13)17(22)24/h7-10,15H,11-12H2,1-6H3. The van der Waals surface area contributed by atoms with Crippen LogP contribution < -0.4 is 0 Å². The van der Waals surface area contributed by atoms with Gasteiger partial charge in [-0.1, -0.05) is 12.1 Å². The van der Waals surface area contributed by atoms with Crippen LogP contribution in [0, 0.1) is 5.92 Å². The quantitative estimate of drug-likeness (QED) is 0.437. The molecule has 0 aliphatic carbocycles. The molecule has 1 aliphatic rings. The molecule has 0 spiro atoms. The highest BCUT2D eigenvalue weighted by molar-refractivity contribution is 6.21. The van der Waals surface area contributed by atoms with Crippen molar-refractivity contribution in [3.05, 3.63) is 35.4 Å². The van der Waals surface area contributed by atoms with E-state index in [4.69, 9.17) is 9.47 Å². The fraction of sp³-hybridized carbons (Fsp3) is 0.524. The van der Waals surface area contributed by atoms with Gasteiger partial charge in [0.1, 0.15) is 11.2 Å². The number of ether oxygens (including phenoxy) is 2. The Labute approximate surface area is 165 Å². The summed E-state index contributed by atoms with van der Waals surface area (Å²) in [5.41, 5.74) is -0.933. The Balaban J connectivity index is 2.17. The summed E-state index contributed by atoms with van der Waals surface area (Å²) < 4.78 is 10.7. The van der Waals surface area contributed by atoms with Crippen molar-refractivity contribution in [3.8, 4) is 0 Å². The van der Waals surface area contributed by atoms with Gasteiger partial charge in [0.15, 0.2) is 5.92 Å². The van der Waals surface area contributed by atoms with Crippen molar-refractivity contribution in [1.29, 1.82) is 0 Å². The van der Waals surface area contributed by atoms with Crippen molar-refractivity contribution in [2.45, 2.75) is 59.2 Å². The van der Waals surface area contributed by atoms with Crippen LogP contribution in [0.2, 0.25) is 0 Å². The Kier molecular flexibility index (Phi) is 5.97. The van der Waals surface area contributed by atoms with E-state index in [1.54, 1.807) is 65.8 Å². The van der Waals surface area contributed by atoms with Gasteiger partial charge >= 0.3 is 11.9 Å². The molecule has 7 nitrogen and oxygen atoms in total. The molecule has 1 aromatic carbocycles. The molecule has 1 aromatic rings. The van der Waals surface area contributed by atoms with Gasteiger partial charge < -0.3 is 9.47 Å². The number of amides is 2. The smallest absolute Gasteiger partial charge is 0.320 e. The van der Waals surface area contributed by atoms with Gasteiger partial charge in [-0.3, -0.25) is 24.1 Å². The van der Waals surface area contributed by atoms with Crippen LogP contribution in [0.5, 0.6) is 0 Å². The predicted octanol–water partition coefficient (Wildman–Crippen LogP) is 2.97. The molecule has 0 saturated carbocycles. The van der Waals surface area contributed by atoms with Crippen molar-refractivity contribution in [2.75, 3.05) is 6.54 Å². The van der Waals surface area contributed by atoms with Crippen molar-refractivity contribution in [3.63, 3.8) is 0 Å². The molecule has 2 amide bonds. The van der Waals surface area contributed by atoms with E-state index in [9.17, 15) is 19.2 Å². The SMILES string of the molecule is CC(C)(C)OC(=O)C(CCN1C(=O)c2ccccc2C1=O)C(=O)OC(C)(C)C. The largest absolute Gasteiger partial charge is 0.459 e. The Morgan fingerprint density at radius 2 is 1.25 bits per heavy atom. The molecule has 0 bridgehead atoms. The van der Waals surface area contributed by atoms with Crippen LogP contribution in [0.15, 0.2) is 24.3 Å². The van der Waals surface area contributed by atoms with E-state index in [1.807, 2.05) is 0 Å². The molecule has 0 radical (unpaired) electrons. The average Bonchev–Trinajstić information content (AvgIpc) is 2.77. The molecular weight excluding hydrogens is 362 g/mol. The summed E-state index contributed by atoms with van der Waals surface area (Å²) in [6, 6.07) is 6.51. The predicted molar refractivity (Wildman–Crippen MR) is 102 cm³/mol. The van der Waals surface area contributed by atoms with Gasteiger partial charge in [0, 0.05) is 6.54 Å². The molecule has 0 N–H and O–H groups in total. The van der Waals surface area contributed by atoms with Crippen LogP contribution in [0.4, 0.5) is 0 Å². The van der Waals surface area contributed by atoms with E-state index in [2.05, 4.69) is 0 Å². The monoisotopic (exact) mass is 389 g/mol. The minimum Gasteiger partial charge on any atom is -0.459 e. The maximum Gasteiger partial charge on any atom is 0.320 e.